The Labute approximate surface area is 150 Å². The van der Waals surface area contributed by atoms with Gasteiger partial charge in [0.25, 0.3) is 0 Å². The number of nitriles is 1. The van der Waals surface area contributed by atoms with Gasteiger partial charge in [-0.15, -0.1) is 0 Å². The van der Waals surface area contributed by atoms with Gasteiger partial charge in [0.15, 0.2) is 0 Å². The molecule has 0 N–H and O–H groups in total. The Morgan fingerprint density at radius 3 is 2.62 bits per heavy atom. The highest BCUT2D eigenvalue weighted by Gasteiger charge is 2.09. The van der Waals surface area contributed by atoms with E-state index in [1.165, 1.54) is 5.69 Å². The van der Waals surface area contributed by atoms with Crippen LogP contribution in [0.2, 0.25) is 5.15 Å². The van der Waals surface area contributed by atoms with Crippen LogP contribution in [0.15, 0.2) is 54.9 Å². The molecule has 0 aliphatic rings. The molecule has 2 aromatic heterocycles. The summed E-state index contributed by atoms with van der Waals surface area (Å²) in [4.78, 5) is 4.04. The Hall–Kier alpha value is -2.22. The molecule has 0 amide bonds. The molecule has 0 aliphatic heterocycles. The fourth-order valence-electron chi connectivity index (χ4n) is 2.60. The van der Waals surface area contributed by atoms with Crippen molar-refractivity contribution in [3.05, 3.63) is 76.8 Å². The normalized spacial score (nSPS) is 10.5. The SMILES string of the molecule is CSCc1cc(-c2ccc(C#N)cc2)cn1Cc1ccnc(Cl)c1. The summed E-state index contributed by atoms with van der Waals surface area (Å²) in [6.45, 7) is 0.758. The van der Waals surface area contributed by atoms with Crippen LogP contribution in [0, 0.1) is 11.3 Å². The number of nitrogens with zero attached hydrogens (tertiary/aromatic N) is 3. The average Bonchev–Trinajstić information content (AvgIpc) is 2.98. The fourth-order valence-corrected chi connectivity index (χ4v) is 3.34. The molecule has 0 unspecified atom stereocenters. The number of halogens is 1. The van der Waals surface area contributed by atoms with Crippen LogP contribution >= 0.6 is 23.4 Å². The second kappa shape index (κ2) is 7.57. The van der Waals surface area contributed by atoms with Crippen molar-refractivity contribution >= 4 is 23.4 Å². The Bertz CT molecular complexity index is 878. The molecule has 0 spiro atoms. The lowest BCUT2D eigenvalue weighted by molar-refractivity contribution is 0.771. The van der Waals surface area contributed by atoms with Gasteiger partial charge in [0.2, 0.25) is 0 Å². The highest BCUT2D eigenvalue weighted by Crippen LogP contribution is 2.25. The molecule has 0 radical (unpaired) electrons. The van der Waals surface area contributed by atoms with E-state index >= 15 is 0 Å². The zero-order chi connectivity index (χ0) is 16.9. The molecule has 1 aromatic carbocycles. The molecule has 5 heteroatoms. The number of hydrogen-bond donors (Lipinski definition) is 0. The fraction of sp³-hybridized carbons (Fsp3) is 0.158. The topological polar surface area (TPSA) is 41.6 Å². The number of pyridine rings is 1. The Kier molecular flexibility index (Phi) is 5.24. The first kappa shape index (κ1) is 16.6. The van der Waals surface area contributed by atoms with E-state index in [4.69, 9.17) is 16.9 Å². The number of thioether (sulfide) groups is 1. The van der Waals surface area contributed by atoms with Gasteiger partial charge in [-0.2, -0.15) is 17.0 Å². The minimum atomic E-state index is 0.512. The summed E-state index contributed by atoms with van der Waals surface area (Å²) in [6, 6.07) is 15.9. The van der Waals surface area contributed by atoms with Crippen molar-refractivity contribution in [2.24, 2.45) is 0 Å². The van der Waals surface area contributed by atoms with E-state index in [2.05, 4.69) is 34.1 Å². The van der Waals surface area contributed by atoms with Gasteiger partial charge in [-0.25, -0.2) is 4.98 Å². The van der Waals surface area contributed by atoms with Crippen LogP contribution < -0.4 is 0 Å². The van der Waals surface area contributed by atoms with Crippen molar-refractivity contribution in [2.75, 3.05) is 6.26 Å². The van der Waals surface area contributed by atoms with Crippen molar-refractivity contribution in [2.45, 2.75) is 12.3 Å². The van der Waals surface area contributed by atoms with Crippen molar-refractivity contribution in [3.63, 3.8) is 0 Å². The second-order valence-electron chi connectivity index (χ2n) is 5.46. The van der Waals surface area contributed by atoms with Gasteiger partial charge in [-0.1, -0.05) is 23.7 Å². The van der Waals surface area contributed by atoms with Crippen LogP contribution in [0.25, 0.3) is 11.1 Å². The Balaban J connectivity index is 1.93. The summed E-state index contributed by atoms with van der Waals surface area (Å²) in [5.74, 6) is 0.940. The van der Waals surface area contributed by atoms with Crippen LogP contribution in [0.1, 0.15) is 16.8 Å². The number of benzene rings is 1. The first-order chi connectivity index (χ1) is 11.7. The van der Waals surface area contributed by atoms with Crippen LogP contribution in [0.5, 0.6) is 0 Å². The summed E-state index contributed by atoms with van der Waals surface area (Å²) < 4.78 is 2.25. The molecule has 3 rings (SSSR count). The third-order valence-electron chi connectivity index (χ3n) is 3.77. The first-order valence-electron chi connectivity index (χ1n) is 7.48. The average molecular weight is 354 g/mol. The van der Waals surface area contributed by atoms with Gasteiger partial charge in [0, 0.05) is 30.4 Å². The molecule has 0 bridgehead atoms. The third kappa shape index (κ3) is 3.81. The van der Waals surface area contributed by atoms with E-state index < -0.39 is 0 Å². The minimum absolute atomic E-state index is 0.512. The predicted molar refractivity (Wildman–Crippen MR) is 100 cm³/mol. The van der Waals surface area contributed by atoms with Crippen LogP contribution in [0.3, 0.4) is 0 Å². The van der Waals surface area contributed by atoms with Gasteiger partial charge in [-0.05, 0) is 53.3 Å². The zero-order valence-corrected chi connectivity index (χ0v) is 14.8. The van der Waals surface area contributed by atoms with E-state index in [9.17, 15) is 0 Å². The number of hydrogen-bond acceptors (Lipinski definition) is 3. The van der Waals surface area contributed by atoms with Gasteiger partial charge in [0.05, 0.1) is 11.6 Å². The Morgan fingerprint density at radius 2 is 1.96 bits per heavy atom. The molecule has 3 nitrogen and oxygen atoms in total. The van der Waals surface area contributed by atoms with E-state index in [1.807, 2.05) is 36.4 Å². The molecule has 0 fully saturated rings. The van der Waals surface area contributed by atoms with Gasteiger partial charge in [0.1, 0.15) is 5.15 Å². The van der Waals surface area contributed by atoms with Crippen molar-refractivity contribution < 1.29 is 0 Å². The minimum Gasteiger partial charge on any atom is -0.346 e. The van der Waals surface area contributed by atoms with E-state index in [-0.39, 0.29) is 0 Å². The lowest BCUT2D eigenvalue weighted by Gasteiger charge is -2.08. The molecule has 0 saturated heterocycles. The summed E-state index contributed by atoms with van der Waals surface area (Å²) in [5.41, 5.74) is 5.33. The molecular weight excluding hydrogens is 338 g/mol. The highest BCUT2D eigenvalue weighted by atomic mass is 35.5. The van der Waals surface area contributed by atoms with Crippen LogP contribution in [-0.4, -0.2) is 15.8 Å². The van der Waals surface area contributed by atoms with Crippen molar-refractivity contribution in [1.82, 2.24) is 9.55 Å². The summed E-state index contributed by atoms with van der Waals surface area (Å²) in [7, 11) is 0. The molecule has 2 heterocycles. The van der Waals surface area contributed by atoms with Crippen LogP contribution in [-0.2, 0) is 12.3 Å². The summed E-state index contributed by atoms with van der Waals surface area (Å²) in [5, 5.41) is 9.44. The van der Waals surface area contributed by atoms with Crippen LogP contribution in [0.4, 0.5) is 0 Å². The van der Waals surface area contributed by atoms with Gasteiger partial charge in [-0.3, -0.25) is 0 Å². The third-order valence-corrected chi connectivity index (χ3v) is 4.56. The standard InChI is InChI=1S/C19H16ClN3S/c1-24-13-18-9-17(16-4-2-14(10-21)3-5-16)12-23(18)11-15-6-7-22-19(20)8-15/h2-9,12H,11,13H2,1H3. The summed E-state index contributed by atoms with van der Waals surface area (Å²) >= 11 is 7.79. The smallest absolute Gasteiger partial charge is 0.129 e. The van der Waals surface area contributed by atoms with E-state index in [0.717, 1.165) is 29.0 Å². The number of aromatic nitrogens is 2. The molecule has 0 saturated carbocycles. The monoisotopic (exact) mass is 353 g/mol. The maximum Gasteiger partial charge on any atom is 0.129 e. The quantitative estimate of drug-likeness (QED) is 0.607. The lowest BCUT2D eigenvalue weighted by Crippen LogP contribution is -2.02. The van der Waals surface area contributed by atoms with E-state index in [1.54, 1.807) is 18.0 Å². The molecule has 0 atom stereocenters. The molecular formula is C19H16ClN3S. The van der Waals surface area contributed by atoms with Gasteiger partial charge < -0.3 is 4.57 Å². The molecule has 0 aliphatic carbocycles. The Morgan fingerprint density at radius 1 is 1.17 bits per heavy atom. The van der Waals surface area contributed by atoms with E-state index in [0.29, 0.717) is 10.7 Å². The van der Waals surface area contributed by atoms with Gasteiger partial charge >= 0.3 is 0 Å². The largest absolute Gasteiger partial charge is 0.346 e. The highest BCUT2D eigenvalue weighted by molar-refractivity contribution is 7.97. The predicted octanol–water partition coefficient (Wildman–Crippen LogP) is 4.99. The lowest BCUT2D eigenvalue weighted by atomic mass is 10.1. The van der Waals surface area contributed by atoms with Crippen molar-refractivity contribution in [3.8, 4) is 17.2 Å². The molecule has 24 heavy (non-hydrogen) atoms. The maximum atomic E-state index is 8.93. The second-order valence-corrected chi connectivity index (χ2v) is 6.71. The summed E-state index contributed by atoms with van der Waals surface area (Å²) in [6.07, 6.45) is 5.99. The molecule has 120 valence electrons. The number of rotatable bonds is 5. The first-order valence-corrected chi connectivity index (χ1v) is 9.26. The maximum absolute atomic E-state index is 8.93. The molecule has 3 aromatic rings. The zero-order valence-electron chi connectivity index (χ0n) is 13.2. The van der Waals surface area contributed by atoms with Crippen molar-refractivity contribution in [1.29, 1.82) is 5.26 Å².